The van der Waals surface area contributed by atoms with Gasteiger partial charge in [-0.25, -0.2) is 0 Å². The Morgan fingerprint density at radius 1 is 0.806 bits per heavy atom. The maximum absolute atomic E-state index is 11.8. The summed E-state index contributed by atoms with van der Waals surface area (Å²) in [6.07, 6.45) is 7.01. The fraction of sp³-hybridized carbons (Fsp3) is 0.536. The van der Waals surface area contributed by atoms with Crippen molar-refractivity contribution in [3.05, 3.63) is 48.5 Å². The van der Waals surface area contributed by atoms with Gasteiger partial charge in [-0.2, -0.15) is 0 Å². The summed E-state index contributed by atoms with van der Waals surface area (Å²) in [6, 6.07) is 14.3. The minimum atomic E-state index is -0.518. The largest absolute Gasteiger partial charge is 0.508 e. The molecule has 0 radical (unpaired) electrons. The van der Waals surface area contributed by atoms with Crippen molar-refractivity contribution in [2.24, 2.45) is 11.3 Å². The molecule has 0 aliphatic rings. The molecular formula is C28H44O3. The third-order valence-corrected chi connectivity index (χ3v) is 4.08. The number of carbonyl (C=O) groups excluding carboxylic acids is 1. The molecule has 31 heavy (non-hydrogen) atoms. The molecule has 0 fully saturated rings. The number of phenols is 1. The molecule has 0 amide bonds. The lowest BCUT2D eigenvalue weighted by molar-refractivity contribution is -0.142. The summed E-state index contributed by atoms with van der Waals surface area (Å²) in [4.78, 5) is 11.8. The van der Waals surface area contributed by atoms with Gasteiger partial charge in [0.15, 0.2) is 0 Å². The van der Waals surface area contributed by atoms with Gasteiger partial charge in [0.25, 0.3) is 0 Å². The van der Waals surface area contributed by atoms with Crippen LogP contribution in [0.1, 0.15) is 87.5 Å². The Morgan fingerprint density at radius 2 is 1.19 bits per heavy atom. The van der Waals surface area contributed by atoms with Gasteiger partial charge < -0.3 is 9.84 Å². The molecule has 2 aromatic carbocycles. The van der Waals surface area contributed by atoms with Crippen molar-refractivity contribution in [2.75, 3.05) is 0 Å². The smallest absolute Gasteiger partial charge is 0.316 e. The summed E-state index contributed by atoms with van der Waals surface area (Å²) in [6.45, 7) is 16.5. The third kappa shape index (κ3) is 14.4. The molecule has 2 rings (SSSR count). The Morgan fingerprint density at radius 3 is 1.55 bits per heavy atom. The summed E-state index contributed by atoms with van der Waals surface area (Å²) in [5.41, 5.74) is 1.48. The number of carbonyl (C=O) groups is 1. The van der Waals surface area contributed by atoms with Crippen LogP contribution in [0.15, 0.2) is 48.5 Å². The lowest BCUT2D eigenvalue weighted by Crippen LogP contribution is -2.25. The molecule has 0 aromatic heterocycles. The Balaban J connectivity index is 0.000000681. The average Bonchev–Trinajstić information content (AvgIpc) is 2.69. The molecule has 0 saturated heterocycles. The van der Waals surface area contributed by atoms with Crippen LogP contribution in [0.25, 0.3) is 11.1 Å². The van der Waals surface area contributed by atoms with Crippen LogP contribution in [0.2, 0.25) is 0 Å². The number of aromatic hydroxyl groups is 1. The van der Waals surface area contributed by atoms with E-state index >= 15 is 0 Å². The van der Waals surface area contributed by atoms with Crippen molar-refractivity contribution in [2.45, 2.75) is 87.5 Å². The number of hydrogen-bond donors (Lipinski definition) is 1. The maximum Gasteiger partial charge on any atom is 0.316 e. The zero-order valence-corrected chi connectivity index (χ0v) is 21.0. The SMILES string of the molecule is CC(C)(C)C(=O)Oc1ccc(-c2ccc(O)cc2)cc1.CC(C)C.CCCCCCC. The quantitative estimate of drug-likeness (QED) is 0.284. The van der Waals surface area contributed by atoms with Gasteiger partial charge in [0.2, 0.25) is 0 Å². The fourth-order valence-electron chi connectivity index (χ4n) is 2.31. The molecule has 0 saturated carbocycles. The fourth-order valence-corrected chi connectivity index (χ4v) is 2.31. The standard InChI is InChI=1S/C17H18O3.C7H16.C4H10/c1-17(2,3)16(19)20-15-10-6-13(7-11-15)12-4-8-14(18)9-5-12;1-3-5-7-6-4-2;1-4(2)3/h4-11,18H,1-3H3;3-7H2,1-2H3;4H,1-3H3. The molecular weight excluding hydrogens is 384 g/mol. The first-order valence-corrected chi connectivity index (χ1v) is 11.6. The van der Waals surface area contributed by atoms with E-state index in [4.69, 9.17) is 4.74 Å². The van der Waals surface area contributed by atoms with Crippen molar-refractivity contribution in [3.8, 4) is 22.6 Å². The van der Waals surface area contributed by atoms with E-state index in [-0.39, 0.29) is 11.7 Å². The highest BCUT2D eigenvalue weighted by Crippen LogP contribution is 2.25. The van der Waals surface area contributed by atoms with Crippen molar-refractivity contribution < 1.29 is 14.6 Å². The van der Waals surface area contributed by atoms with E-state index in [2.05, 4.69) is 34.6 Å². The highest BCUT2D eigenvalue weighted by molar-refractivity contribution is 5.78. The molecule has 3 heteroatoms. The first kappa shape index (κ1) is 28.7. The molecule has 0 spiro atoms. The van der Waals surface area contributed by atoms with Gasteiger partial charge >= 0.3 is 5.97 Å². The Hall–Kier alpha value is -2.29. The minimum absolute atomic E-state index is 0.240. The third-order valence-electron chi connectivity index (χ3n) is 4.08. The van der Waals surface area contributed by atoms with E-state index in [0.717, 1.165) is 17.0 Å². The molecule has 0 aliphatic carbocycles. The predicted molar refractivity (Wildman–Crippen MR) is 134 cm³/mol. The van der Waals surface area contributed by atoms with Gasteiger partial charge in [-0.15, -0.1) is 0 Å². The van der Waals surface area contributed by atoms with Gasteiger partial charge in [-0.1, -0.05) is 91.0 Å². The average molecular weight is 429 g/mol. The molecule has 0 heterocycles. The zero-order valence-electron chi connectivity index (χ0n) is 21.0. The molecule has 0 bridgehead atoms. The highest BCUT2D eigenvalue weighted by Gasteiger charge is 2.23. The van der Waals surface area contributed by atoms with Gasteiger partial charge in [0, 0.05) is 0 Å². The Kier molecular flexibility index (Phi) is 14.4. The number of esters is 1. The highest BCUT2D eigenvalue weighted by atomic mass is 16.5. The van der Waals surface area contributed by atoms with Crippen LogP contribution in [0.3, 0.4) is 0 Å². The van der Waals surface area contributed by atoms with E-state index in [1.165, 1.54) is 32.1 Å². The van der Waals surface area contributed by atoms with Crippen LogP contribution in [0.5, 0.6) is 11.5 Å². The maximum atomic E-state index is 11.8. The van der Waals surface area contributed by atoms with E-state index in [1.807, 2.05) is 45.0 Å². The van der Waals surface area contributed by atoms with E-state index in [1.54, 1.807) is 24.3 Å². The normalized spacial score (nSPS) is 10.5. The van der Waals surface area contributed by atoms with Crippen LogP contribution in [-0.2, 0) is 4.79 Å². The predicted octanol–water partition coefficient (Wildman–Crippen LogP) is 8.65. The van der Waals surface area contributed by atoms with Crippen LogP contribution in [0, 0.1) is 11.3 Å². The zero-order chi connectivity index (χ0) is 23.9. The minimum Gasteiger partial charge on any atom is -0.508 e. The molecule has 2 aromatic rings. The molecule has 3 nitrogen and oxygen atoms in total. The number of ether oxygens (including phenoxy) is 1. The Bertz CT molecular complexity index is 701. The number of rotatable bonds is 6. The van der Waals surface area contributed by atoms with Gasteiger partial charge in [-0.05, 0) is 62.1 Å². The summed E-state index contributed by atoms with van der Waals surface area (Å²) < 4.78 is 5.31. The summed E-state index contributed by atoms with van der Waals surface area (Å²) in [5, 5.41) is 9.27. The van der Waals surface area contributed by atoms with Gasteiger partial charge in [-0.3, -0.25) is 4.79 Å². The molecule has 174 valence electrons. The van der Waals surface area contributed by atoms with Crippen LogP contribution < -0.4 is 4.74 Å². The monoisotopic (exact) mass is 428 g/mol. The number of hydrogen-bond acceptors (Lipinski definition) is 3. The summed E-state index contributed by atoms with van der Waals surface area (Å²) >= 11 is 0. The van der Waals surface area contributed by atoms with Crippen LogP contribution in [-0.4, -0.2) is 11.1 Å². The molecule has 0 unspecified atom stereocenters. The second kappa shape index (κ2) is 15.5. The van der Waals surface area contributed by atoms with Crippen molar-refractivity contribution in [1.29, 1.82) is 0 Å². The number of unbranched alkanes of at least 4 members (excludes halogenated alkanes) is 4. The van der Waals surface area contributed by atoms with Crippen molar-refractivity contribution >= 4 is 5.97 Å². The lowest BCUT2D eigenvalue weighted by Gasteiger charge is -2.16. The van der Waals surface area contributed by atoms with E-state index in [9.17, 15) is 9.90 Å². The Labute approximate surface area is 190 Å². The van der Waals surface area contributed by atoms with Crippen molar-refractivity contribution in [1.82, 2.24) is 0 Å². The molecule has 0 aliphatic heterocycles. The first-order valence-electron chi connectivity index (χ1n) is 11.6. The van der Waals surface area contributed by atoms with E-state index < -0.39 is 5.41 Å². The lowest BCUT2D eigenvalue weighted by atomic mass is 9.97. The van der Waals surface area contributed by atoms with Crippen LogP contribution >= 0.6 is 0 Å². The summed E-state index contributed by atoms with van der Waals surface area (Å²) in [5.74, 6) is 1.35. The van der Waals surface area contributed by atoms with Crippen molar-refractivity contribution in [3.63, 3.8) is 0 Å². The molecule has 0 atom stereocenters. The van der Waals surface area contributed by atoms with Gasteiger partial charge in [0.1, 0.15) is 11.5 Å². The van der Waals surface area contributed by atoms with Gasteiger partial charge in [0.05, 0.1) is 5.41 Å². The molecule has 1 N–H and O–H groups in total. The number of benzene rings is 2. The second-order valence-electron chi connectivity index (χ2n) is 9.50. The summed E-state index contributed by atoms with van der Waals surface area (Å²) in [7, 11) is 0. The first-order chi connectivity index (χ1) is 14.5. The van der Waals surface area contributed by atoms with Crippen LogP contribution in [0.4, 0.5) is 0 Å². The number of phenolic OH excluding ortho intramolecular Hbond substituents is 1. The topological polar surface area (TPSA) is 46.5 Å². The van der Waals surface area contributed by atoms with E-state index in [0.29, 0.717) is 5.75 Å². The second-order valence-corrected chi connectivity index (χ2v) is 9.50.